The van der Waals surface area contributed by atoms with Crippen LogP contribution in [0.25, 0.3) is 0 Å². The molecule has 1 nitrogen and oxygen atoms in total. The highest BCUT2D eigenvalue weighted by Gasteiger charge is 2.15. The molecule has 0 saturated carbocycles. The monoisotopic (exact) mass is 153 g/mol. The Morgan fingerprint density at radius 3 is 2.45 bits per heavy atom. The SMILES string of the molecule is CC(C)(C)CC1=NCCCC1. The van der Waals surface area contributed by atoms with E-state index in [0.717, 1.165) is 6.54 Å². The second-order valence-corrected chi connectivity index (χ2v) is 4.64. The zero-order valence-electron chi connectivity index (χ0n) is 7.98. The summed E-state index contributed by atoms with van der Waals surface area (Å²) in [5, 5.41) is 0. The van der Waals surface area contributed by atoms with Crippen LogP contribution in [0, 0.1) is 5.41 Å². The second kappa shape index (κ2) is 3.38. The molecule has 0 saturated heterocycles. The van der Waals surface area contributed by atoms with Crippen LogP contribution in [-0.4, -0.2) is 12.3 Å². The molecule has 1 rings (SSSR count). The summed E-state index contributed by atoms with van der Waals surface area (Å²) in [6.45, 7) is 7.92. The smallest absolute Gasteiger partial charge is 0.0388 e. The fourth-order valence-corrected chi connectivity index (χ4v) is 1.51. The van der Waals surface area contributed by atoms with E-state index >= 15 is 0 Å². The lowest BCUT2D eigenvalue weighted by Gasteiger charge is -2.21. The van der Waals surface area contributed by atoms with Gasteiger partial charge < -0.3 is 0 Å². The molecule has 0 aromatic heterocycles. The summed E-state index contributed by atoms with van der Waals surface area (Å²) in [7, 11) is 0. The molecule has 1 aliphatic rings. The first-order valence-corrected chi connectivity index (χ1v) is 4.60. The minimum absolute atomic E-state index is 0.427. The average Bonchev–Trinajstić information content (AvgIpc) is 1.85. The van der Waals surface area contributed by atoms with Crippen molar-refractivity contribution in [2.45, 2.75) is 46.5 Å². The molecular formula is C10H19N. The highest BCUT2D eigenvalue weighted by Crippen LogP contribution is 2.22. The number of hydrogen-bond donors (Lipinski definition) is 0. The van der Waals surface area contributed by atoms with Gasteiger partial charge in [-0.15, -0.1) is 0 Å². The molecule has 0 fully saturated rings. The highest BCUT2D eigenvalue weighted by molar-refractivity contribution is 5.85. The number of hydrogen-bond acceptors (Lipinski definition) is 1. The van der Waals surface area contributed by atoms with E-state index in [1.54, 1.807) is 0 Å². The summed E-state index contributed by atoms with van der Waals surface area (Å²) in [6, 6.07) is 0. The van der Waals surface area contributed by atoms with Gasteiger partial charge in [0.25, 0.3) is 0 Å². The van der Waals surface area contributed by atoms with Gasteiger partial charge in [0.05, 0.1) is 0 Å². The lowest BCUT2D eigenvalue weighted by molar-refractivity contribution is 0.428. The molecular weight excluding hydrogens is 134 g/mol. The lowest BCUT2D eigenvalue weighted by Crippen LogP contribution is -2.15. The summed E-state index contributed by atoms with van der Waals surface area (Å²) in [5.74, 6) is 0. The molecule has 1 heteroatoms. The van der Waals surface area contributed by atoms with Gasteiger partial charge in [-0.3, -0.25) is 4.99 Å². The highest BCUT2D eigenvalue weighted by atomic mass is 14.7. The maximum absolute atomic E-state index is 4.53. The molecule has 0 radical (unpaired) electrons. The van der Waals surface area contributed by atoms with Crippen LogP contribution in [0.3, 0.4) is 0 Å². The van der Waals surface area contributed by atoms with E-state index < -0.39 is 0 Å². The fourth-order valence-electron chi connectivity index (χ4n) is 1.51. The first kappa shape index (κ1) is 8.76. The van der Waals surface area contributed by atoms with Crippen molar-refractivity contribution < 1.29 is 0 Å². The number of nitrogens with zero attached hydrogens (tertiary/aromatic N) is 1. The first-order chi connectivity index (χ1) is 5.08. The summed E-state index contributed by atoms with van der Waals surface area (Å²) < 4.78 is 0. The standard InChI is InChI=1S/C10H19N/c1-10(2,3)8-9-6-4-5-7-11-9/h4-8H2,1-3H3. The number of aliphatic imine (C=N–C) groups is 1. The minimum Gasteiger partial charge on any atom is -0.294 e. The Balaban J connectivity index is 2.42. The van der Waals surface area contributed by atoms with Crippen LogP contribution in [0.1, 0.15) is 46.5 Å². The van der Waals surface area contributed by atoms with E-state index in [2.05, 4.69) is 25.8 Å². The van der Waals surface area contributed by atoms with Crippen LogP contribution in [0.2, 0.25) is 0 Å². The van der Waals surface area contributed by atoms with E-state index in [9.17, 15) is 0 Å². The van der Waals surface area contributed by atoms with Gasteiger partial charge in [0.15, 0.2) is 0 Å². The zero-order chi connectivity index (χ0) is 8.32. The van der Waals surface area contributed by atoms with Crippen LogP contribution < -0.4 is 0 Å². The Hall–Kier alpha value is -0.330. The summed E-state index contributed by atoms with van der Waals surface area (Å²) in [5.41, 5.74) is 1.87. The van der Waals surface area contributed by atoms with Gasteiger partial charge in [-0.2, -0.15) is 0 Å². The van der Waals surface area contributed by atoms with Crippen LogP contribution in [-0.2, 0) is 0 Å². The quantitative estimate of drug-likeness (QED) is 0.549. The molecule has 1 aliphatic heterocycles. The topological polar surface area (TPSA) is 12.4 Å². The predicted octanol–water partition coefficient (Wildman–Crippen LogP) is 3.05. The molecule has 0 bridgehead atoms. The third kappa shape index (κ3) is 3.54. The normalized spacial score (nSPS) is 19.7. The Kier molecular flexibility index (Phi) is 2.69. The summed E-state index contributed by atoms with van der Waals surface area (Å²) in [4.78, 5) is 4.53. The van der Waals surface area contributed by atoms with Gasteiger partial charge in [0, 0.05) is 12.3 Å². The van der Waals surface area contributed by atoms with Gasteiger partial charge in [0.1, 0.15) is 0 Å². The third-order valence-electron chi connectivity index (χ3n) is 1.94. The molecule has 64 valence electrons. The van der Waals surface area contributed by atoms with E-state index in [0.29, 0.717) is 5.41 Å². The molecule has 11 heavy (non-hydrogen) atoms. The van der Waals surface area contributed by atoms with Crippen molar-refractivity contribution in [3.63, 3.8) is 0 Å². The van der Waals surface area contributed by atoms with Crippen LogP contribution in [0.5, 0.6) is 0 Å². The van der Waals surface area contributed by atoms with Gasteiger partial charge in [-0.05, 0) is 31.1 Å². The van der Waals surface area contributed by atoms with Crippen molar-refractivity contribution in [1.29, 1.82) is 0 Å². The lowest BCUT2D eigenvalue weighted by atomic mass is 9.87. The van der Waals surface area contributed by atoms with Crippen LogP contribution in [0.15, 0.2) is 4.99 Å². The van der Waals surface area contributed by atoms with E-state index in [1.807, 2.05) is 0 Å². The Morgan fingerprint density at radius 1 is 1.27 bits per heavy atom. The fraction of sp³-hybridized carbons (Fsp3) is 0.900. The second-order valence-electron chi connectivity index (χ2n) is 4.64. The summed E-state index contributed by atoms with van der Waals surface area (Å²) >= 11 is 0. The molecule has 0 N–H and O–H groups in total. The largest absolute Gasteiger partial charge is 0.294 e. The summed E-state index contributed by atoms with van der Waals surface area (Å²) in [6.07, 6.45) is 5.09. The maximum Gasteiger partial charge on any atom is 0.0388 e. The van der Waals surface area contributed by atoms with Gasteiger partial charge in [-0.1, -0.05) is 20.8 Å². The van der Waals surface area contributed by atoms with E-state index in [1.165, 1.54) is 31.4 Å². The van der Waals surface area contributed by atoms with Crippen molar-refractivity contribution in [1.82, 2.24) is 0 Å². The van der Waals surface area contributed by atoms with Gasteiger partial charge >= 0.3 is 0 Å². The Morgan fingerprint density at radius 2 is 2.00 bits per heavy atom. The molecule has 0 aromatic rings. The van der Waals surface area contributed by atoms with Crippen molar-refractivity contribution in [3.8, 4) is 0 Å². The van der Waals surface area contributed by atoms with Crippen molar-refractivity contribution in [2.24, 2.45) is 10.4 Å². The molecule has 0 spiro atoms. The maximum atomic E-state index is 4.53. The van der Waals surface area contributed by atoms with E-state index in [-0.39, 0.29) is 0 Å². The van der Waals surface area contributed by atoms with Crippen LogP contribution >= 0.6 is 0 Å². The zero-order valence-corrected chi connectivity index (χ0v) is 7.98. The minimum atomic E-state index is 0.427. The first-order valence-electron chi connectivity index (χ1n) is 4.60. The molecule has 0 atom stereocenters. The third-order valence-corrected chi connectivity index (χ3v) is 1.94. The van der Waals surface area contributed by atoms with Crippen molar-refractivity contribution in [2.75, 3.05) is 6.54 Å². The Labute approximate surface area is 69.9 Å². The van der Waals surface area contributed by atoms with Gasteiger partial charge in [0.2, 0.25) is 0 Å². The predicted molar refractivity (Wildman–Crippen MR) is 50.2 cm³/mol. The molecule has 0 amide bonds. The molecule has 0 aromatic carbocycles. The number of rotatable bonds is 1. The Bertz CT molecular complexity index is 151. The van der Waals surface area contributed by atoms with Crippen molar-refractivity contribution >= 4 is 5.71 Å². The molecule has 0 aliphatic carbocycles. The van der Waals surface area contributed by atoms with E-state index in [4.69, 9.17) is 0 Å². The molecule has 1 heterocycles. The van der Waals surface area contributed by atoms with Gasteiger partial charge in [-0.25, -0.2) is 0 Å². The van der Waals surface area contributed by atoms with Crippen molar-refractivity contribution in [3.05, 3.63) is 0 Å². The molecule has 0 unspecified atom stereocenters. The average molecular weight is 153 g/mol. The van der Waals surface area contributed by atoms with Crippen LogP contribution in [0.4, 0.5) is 0 Å².